The zero-order chi connectivity index (χ0) is 6.62. The van der Waals surface area contributed by atoms with Crippen LogP contribution in [-0.4, -0.2) is 19.5 Å². The summed E-state index contributed by atoms with van der Waals surface area (Å²) in [6.45, 7) is 2.21. The molecule has 0 saturated carbocycles. The van der Waals surface area contributed by atoms with Gasteiger partial charge in [0.05, 0.1) is 0 Å². The molecule has 0 aromatic carbocycles. The zero-order valence-corrected chi connectivity index (χ0v) is 5.27. The number of nitrogens with one attached hydrogen (secondary N) is 1. The van der Waals surface area contributed by atoms with Gasteiger partial charge in [0.2, 0.25) is 0 Å². The molecule has 0 spiro atoms. The van der Waals surface area contributed by atoms with Crippen LogP contribution in [0, 0.1) is 5.88 Å². The molecule has 0 aromatic heterocycles. The van der Waals surface area contributed by atoms with Gasteiger partial charge in [0.1, 0.15) is 0 Å². The van der Waals surface area contributed by atoms with E-state index in [1.54, 1.807) is 6.92 Å². The summed E-state index contributed by atoms with van der Waals surface area (Å²) in [5.74, 6) is 0.646. The minimum absolute atomic E-state index is 0.486. The van der Waals surface area contributed by atoms with Gasteiger partial charge in [-0.2, -0.15) is 8.42 Å². The first-order chi connectivity index (χ1) is 3.56. The molecule has 0 atom stereocenters. The van der Waals surface area contributed by atoms with E-state index >= 15 is 0 Å². The first kappa shape index (κ1) is 7.87. The second-order valence-corrected chi connectivity index (χ2v) is 2.46. The molecule has 0 rings (SSSR count). The molecule has 5 heteroatoms. The molecule has 0 bridgehead atoms. The van der Waals surface area contributed by atoms with Crippen molar-refractivity contribution in [1.29, 1.82) is 0 Å². The van der Waals surface area contributed by atoms with E-state index in [1.165, 1.54) is 0 Å². The summed E-state index contributed by atoms with van der Waals surface area (Å²) >= 11 is 0. The molecule has 8 heavy (non-hydrogen) atoms. The zero-order valence-electron chi connectivity index (χ0n) is 4.46. The van der Waals surface area contributed by atoms with Gasteiger partial charge < -0.3 is 0 Å². The van der Waals surface area contributed by atoms with E-state index in [1.807, 2.05) is 0 Å². The summed E-state index contributed by atoms with van der Waals surface area (Å²) in [6.07, 6.45) is 0. The highest BCUT2D eigenvalue weighted by molar-refractivity contribution is 7.87. The summed E-state index contributed by atoms with van der Waals surface area (Å²) in [5, 5.41) is 2.33. The van der Waals surface area contributed by atoms with Crippen molar-refractivity contribution >= 4 is 10.1 Å². The minimum atomic E-state index is -3.92. The largest absolute Gasteiger partial charge is 0.297 e. The van der Waals surface area contributed by atoms with Crippen LogP contribution in [0.2, 0.25) is 0 Å². The van der Waals surface area contributed by atoms with Crippen molar-refractivity contribution in [2.75, 3.05) is 6.54 Å². The van der Waals surface area contributed by atoms with Crippen LogP contribution in [0.15, 0.2) is 0 Å². The lowest BCUT2D eigenvalue weighted by Crippen LogP contribution is -2.15. The predicted molar refractivity (Wildman–Crippen MR) is 29.5 cm³/mol. The van der Waals surface area contributed by atoms with Gasteiger partial charge in [0, 0.05) is 0 Å². The fourth-order valence-corrected chi connectivity index (χ4v) is 0.566. The highest BCUT2D eigenvalue weighted by Crippen LogP contribution is 1.81. The smallest absolute Gasteiger partial charge is 0.283 e. The van der Waals surface area contributed by atoms with Crippen LogP contribution in [0.25, 0.3) is 0 Å². The Balaban J connectivity index is 3.42. The summed E-state index contributed by atoms with van der Waals surface area (Å²) in [4.78, 5) is 0. The molecule has 0 fully saturated rings. The summed E-state index contributed by atoms with van der Waals surface area (Å²) in [7, 11) is -3.92. The molecule has 0 saturated heterocycles. The van der Waals surface area contributed by atoms with Gasteiger partial charge in [-0.1, -0.05) is 6.92 Å². The number of hydrogen-bond donors (Lipinski definition) is 2. The fraction of sp³-hybridized carbons (Fsp3) is 0.667. The van der Waals surface area contributed by atoms with Crippen LogP contribution in [0.5, 0.6) is 0 Å². The first-order valence-electron chi connectivity index (χ1n) is 2.10. The number of rotatable bonds is 3. The minimum Gasteiger partial charge on any atom is -0.297 e. The maximum absolute atomic E-state index is 9.83. The molecule has 0 aliphatic rings. The van der Waals surface area contributed by atoms with E-state index in [4.69, 9.17) is 4.55 Å². The molecule has 0 aromatic rings. The molecule has 1 radical (unpaired) electrons. The Labute approximate surface area is 48.6 Å². The van der Waals surface area contributed by atoms with Crippen LogP contribution < -0.4 is 5.32 Å². The second kappa shape index (κ2) is 3.01. The summed E-state index contributed by atoms with van der Waals surface area (Å²) < 4.78 is 27.7. The molecular weight excluding hydrogens is 130 g/mol. The van der Waals surface area contributed by atoms with Gasteiger partial charge >= 0.3 is 0 Å². The predicted octanol–water partition coefficient (Wildman–Crippen LogP) is -0.397. The van der Waals surface area contributed by atoms with E-state index in [-0.39, 0.29) is 0 Å². The van der Waals surface area contributed by atoms with Gasteiger partial charge in [-0.05, 0) is 6.54 Å². The average molecular weight is 138 g/mol. The third-order valence-electron chi connectivity index (χ3n) is 0.436. The van der Waals surface area contributed by atoms with Crippen LogP contribution in [-0.2, 0) is 10.1 Å². The normalized spacial score (nSPS) is 11.8. The van der Waals surface area contributed by atoms with Gasteiger partial charge in [-0.15, -0.1) is 0 Å². The Kier molecular flexibility index (Phi) is 2.96. The maximum atomic E-state index is 9.83. The fourth-order valence-electron chi connectivity index (χ4n) is 0.189. The van der Waals surface area contributed by atoms with E-state index < -0.39 is 10.1 Å². The lowest BCUT2D eigenvalue weighted by atomic mass is 10.8. The number of hydrogen-bond acceptors (Lipinski definition) is 3. The molecule has 0 unspecified atom stereocenters. The van der Waals surface area contributed by atoms with Crippen LogP contribution in [0.1, 0.15) is 6.92 Å². The van der Waals surface area contributed by atoms with Crippen LogP contribution in [0.4, 0.5) is 0 Å². The third kappa shape index (κ3) is 5.87. The third-order valence-corrected chi connectivity index (χ3v) is 0.901. The van der Waals surface area contributed by atoms with E-state index in [2.05, 4.69) is 5.32 Å². The molecule has 4 nitrogen and oxygen atoms in total. The molecule has 0 heterocycles. The Hall–Kier alpha value is -0.130. The summed E-state index contributed by atoms with van der Waals surface area (Å²) in [5.41, 5.74) is 0. The molecular formula is C3H8NO3S. The standard InChI is InChI=1S/C3H8NO3S/c1-2-4-3-8(5,6)7/h3-4H,2H2,1H3,(H,5,6,7). The topological polar surface area (TPSA) is 66.4 Å². The molecule has 0 aliphatic heterocycles. The van der Waals surface area contributed by atoms with Crippen molar-refractivity contribution in [3.8, 4) is 0 Å². The average Bonchev–Trinajstić information content (AvgIpc) is 1.59. The Morgan fingerprint density at radius 1 is 1.75 bits per heavy atom. The van der Waals surface area contributed by atoms with Crippen molar-refractivity contribution < 1.29 is 13.0 Å². The highest BCUT2D eigenvalue weighted by Gasteiger charge is 2.00. The van der Waals surface area contributed by atoms with Gasteiger partial charge in [-0.25, -0.2) is 0 Å². The van der Waals surface area contributed by atoms with Crippen molar-refractivity contribution in [3.63, 3.8) is 0 Å². The van der Waals surface area contributed by atoms with Crippen molar-refractivity contribution in [3.05, 3.63) is 5.88 Å². The van der Waals surface area contributed by atoms with E-state index in [0.717, 1.165) is 0 Å². The van der Waals surface area contributed by atoms with Gasteiger partial charge in [0.25, 0.3) is 10.1 Å². The molecule has 49 valence electrons. The van der Waals surface area contributed by atoms with Crippen molar-refractivity contribution in [2.45, 2.75) is 6.92 Å². The Morgan fingerprint density at radius 3 is 2.38 bits per heavy atom. The quantitative estimate of drug-likeness (QED) is 0.521. The van der Waals surface area contributed by atoms with E-state index in [9.17, 15) is 8.42 Å². The van der Waals surface area contributed by atoms with E-state index in [0.29, 0.717) is 12.4 Å². The van der Waals surface area contributed by atoms with Gasteiger partial charge in [-0.3, -0.25) is 9.87 Å². The molecule has 0 aliphatic carbocycles. The second-order valence-electron chi connectivity index (χ2n) is 1.19. The van der Waals surface area contributed by atoms with Gasteiger partial charge in [0.15, 0.2) is 5.88 Å². The van der Waals surface area contributed by atoms with Crippen molar-refractivity contribution in [2.24, 2.45) is 0 Å². The Morgan fingerprint density at radius 2 is 2.25 bits per heavy atom. The monoisotopic (exact) mass is 138 g/mol. The van der Waals surface area contributed by atoms with Crippen molar-refractivity contribution in [1.82, 2.24) is 5.32 Å². The van der Waals surface area contributed by atoms with Crippen LogP contribution in [0.3, 0.4) is 0 Å². The first-order valence-corrected chi connectivity index (χ1v) is 3.60. The van der Waals surface area contributed by atoms with Crippen LogP contribution >= 0.6 is 0 Å². The SMILES string of the molecule is CCN[CH]S(=O)(=O)O. The lowest BCUT2D eigenvalue weighted by Gasteiger charge is -1.92. The molecule has 2 N–H and O–H groups in total. The lowest BCUT2D eigenvalue weighted by molar-refractivity contribution is 0.486. The molecule has 0 amide bonds. The Bertz CT molecular complexity index is 139. The highest BCUT2D eigenvalue weighted by atomic mass is 32.2. The summed E-state index contributed by atoms with van der Waals surface area (Å²) in [6, 6.07) is 0. The maximum Gasteiger partial charge on any atom is 0.283 e.